The predicted molar refractivity (Wildman–Crippen MR) is 258 cm³/mol. The van der Waals surface area contributed by atoms with Crippen molar-refractivity contribution in [1.82, 2.24) is 0 Å². The predicted octanol–water partition coefficient (Wildman–Crippen LogP) is -4.33. The molecule has 9 rings (SSSR count). The molecule has 5 saturated heterocycles. The maximum Gasteiger partial charge on any atom is 0.187 e. The van der Waals surface area contributed by atoms with Crippen LogP contribution in [0.2, 0.25) is 0 Å². The third-order valence-corrected chi connectivity index (χ3v) is 20.4. The molecular formula is C52H88O25. The van der Waals surface area contributed by atoms with Crippen molar-refractivity contribution in [3.63, 3.8) is 0 Å². The van der Waals surface area contributed by atoms with E-state index in [9.17, 15) is 76.6 Å². The van der Waals surface area contributed by atoms with Gasteiger partial charge in [0, 0.05) is 19.4 Å². The molecule has 0 radical (unpaired) electrons. The van der Waals surface area contributed by atoms with Crippen LogP contribution in [0.1, 0.15) is 85.5 Å². The van der Waals surface area contributed by atoms with E-state index >= 15 is 0 Å². The van der Waals surface area contributed by atoms with Gasteiger partial charge in [0.05, 0.1) is 51.3 Å². The molecule has 4 saturated carbocycles. The summed E-state index contributed by atoms with van der Waals surface area (Å²) in [4.78, 5) is 0. The molecule has 0 bridgehead atoms. The van der Waals surface area contributed by atoms with Gasteiger partial charge in [-0.25, -0.2) is 0 Å². The number of aliphatic hydroxyl groups is 15. The van der Waals surface area contributed by atoms with Crippen molar-refractivity contribution in [2.45, 2.75) is 232 Å². The van der Waals surface area contributed by atoms with Crippen molar-refractivity contribution in [3.8, 4) is 0 Å². The fourth-order valence-corrected chi connectivity index (χ4v) is 16.0. The van der Waals surface area contributed by atoms with Crippen LogP contribution >= 0.6 is 0 Å². The van der Waals surface area contributed by atoms with Crippen LogP contribution < -0.4 is 0 Å². The summed E-state index contributed by atoms with van der Waals surface area (Å²) < 4.78 is 62.4. The molecular weight excluding hydrogens is 1020 g/mol. The Hall–Kier alpha value is -1.00. The minimum atomic E-state index is -1.95. The van der Waals surface area contributed by atoms with E-state index in [0.29, 0.717) is 38.5 Å². The summed E-state index contributed by atoms with van der Waals surface area (Å²) in [5.41, 5.74) is -0.593. The van der Waals surface area contributed by atoms with Crippen molar-refractivity contribution < 1.29 is 124 Å². The number of fused-ring (bicyclic) bond motifs is 7. The quantitative estimate of drug-likeness (QED) is 0.0612. The lowest BCUT2D eigenvalue weighted by molar-refractivity contribution is -0.399. The van der Waals surface area contributed by atoms with Crippen LogP contribution in [0.4, 0.5) is 0 Å². The van der Waals surface area contributed by atoms with Crippen LogP contribution in [0.3, 0.4) is 0 Å². The van der Waals surface area contributed by atoms with E-state index in [1.807, 2.05) is 6.92 Å². The second kappa shape index (κ2) is 23.9. The van der Waals surface area contributed by atoms with E-state index in [-0.39, 0.29) is 65.0 Å². The lowest BCUT2D eigenvalue weighted by Gasteiger charge is -2.63. The van der Waals surface area contributed by atoms with E-state index in [0.717, 1.165) is 19.3 Å². The molecule has 0 aromatic heterocycles. The Morgan fingerprint density at radius 3 is 1.60 bits per heavy atom. The highest BCUT2D eigenvalue weighted by Crippen LogP contribution is 2.71. The highest BCUT2D eigenvalue weighted by atomic mass is 16.8. The van der Waals surface area contributed by atoms with Crippen LogP contribution in [0.5, 0.6) is 0 Å². The van der Waals surface area contributed by atoms with E-state index in [4.69, 9.17) is 47.4 Å². The molecule has 15 N–H and O–H groups in total. The van der Waals surface area contributed by atoms with Gasteiger partial charge in [0.2, 0.25) is 0 Å². The zero-order chi connectivity index (χ0) is 55.8. The van der Waals surface area contributed by atoms with E-state index in [2.05, 4.69) is 20.8 Å². The van der Waals surface area contributed by atoms with E-state index in [1.165, 1.54) is 0 Å². The van der Waals surface area contributed by atoms with Crippen molar-refractivity contribution in [2.24, 2.45) is 52.3 Å². The first-order valence-electron chi connectivity index (χ1n) is 27.9. The number of ether oxygens (including phenoxy) is 10. The summed E-state index contributed by atoms with van der Waals surface area (Å²) in [7, 11) is 1.66. The molecule has 446 valence electrons. The van der Waals surface area contributed by atoms with Crippen LogP contribution in [0.25, 0.3) is 0 Å². The van der Waals surface area contributed by atoms with Gasteiger partial charge in [-0.1, -0.05) is 27.7 Å². The number of rotatable bonds is 17. The van der Waals surface area contributed by atoms with Gasteiger partial charge in [-0.3, -0.25) is 0 Å². The Morgan fingerprint density at radius 2 is 1.04 bits per heavy atom. The largest absolute Gasteiger partial charge is 0.394 e. The smallest absolute Gasteiger partial charge is 0.187 e. The topological polar surface area (TPSA) is 396 Å². The second-order valence-corrected chi connectivity index (χ2v) is 24.6. The summed E-state index contributed by atoms with van der Waals surface area (Å²) in [5, 5.41) is 160. The highest BCUT2D eigenvalue weighted by molar-refractivity contribution is 5.16. The molecule has 25 heteroatoms. The Kier molecular flexibility index (Phi) is 18.8. The molecule has 0 aromatic rings. The normalized spacial score (nSPS) is 55.2. The van der Waals surface area contributed by atoms with Crippen LogP contribution in [0, 0.1) is 52.3 Å². The maximum absolute atomic E-state index is 11.9. The van der Waals surface area contributed by atoms with Crippen LogP contribution in [-0.2, 0) is 47.4 Å². The minimum absolute atomic E-state index is 0.0511. The molecule has 1 unspecified atom stereocenters. The van der Waals surface area contributed by atoms with E-state index in [1.54, 1.807) is 7.11 Å². The zero-order valence-corrected chi connectivity index (χ0v) is 44.5. The summed E-state index contributed by atoms with van der Waals surface area (Å²) in [6, 6.07) is 0. The molecule has 5 aliphatic heterocycles. The van der Waals surface area contributed by atoms with Crippen molar-refractivity contribution >= 4 is 0 Å². The van der Waals surface area contributed by atoms with Gasteiger partial charge >= 0.3 is 0 Å². The SMILES string of the molecule is COC1(CC[C@@H](C)CO[C@@H]2O[C@H](CO)[C@@H](O)[C@H](O)[C@H]2O)O[C@H]2C[C@H]3[C@@H]4C[C@H](O[C@@H]5O[C@H](CO)[C@@H](O)[C@H](O[C@@H]6O[C@H](CO)[C@@H](O)[C@H](O)[C@H]6O)[C@H]5O[C@@H]5O[C@H](CO)[C@@H](O)[C@H](O)[C@H]5O)[C@H]5C[C@@H](O)CC[C@]5(C)[C@H]4CC[C@]3(C)[C@H]2[C@@H]1C. The van der Waals surface area contributed by atoms with Crippen molar-refractivity contribution in [2.75, 3.05) is 40.1 Å². The van der Waals surface area contributed by atoms with Crippen LogP contribution in [0.15, 0.2) is 0 Å². The van der Waals surface area contributed by atoms with Gasteiger partial charge < -0.3 is 124 Å². The van der Waals surface area contributed by atoms with Crippen LogP contribution in [-0.4, -0.2) is 264 Å². The van der Waals surface area contributed by atoms with Gasteiger partial charge in [-0.15, -0.1) is 0 Å². The Morgan fingerprint density at radius 1 is 0.532 bits per heavy atom. The lowest BCUT2D eigenvalue weighted by Crippen LogP contribution is -2.68. The van der Waals surface area contributed by atoms with Gasteiger partial charge in [0.15, 0.2) is 30.9 Å². The van der Waals surface area contributed by atoms with Crippen molar-refractivity contribution in [3.05, 3.63) is 0 Å². The third kappa shape index (κ3) is 10.8. The Bertz CT molecular complexity index is 1920. The molecule has 0 spiro atoms. The minimum Gasteiger partial charge on any atom is -0.394 e. The first-order valence-corrected chi connectivity index (χ1v) is 27.9. The number of methoxy groups -OCH3 is 1. The molecule has 5 heterocycles. The van der Waals surface area contributed by atoms with Gasteiger partial charge in [-0.2, -0.15) is 0 Å². The fourth-order valence-electron chi connectivity index (χ4n) is 16.0. The molecule has 25 nitrogen and oxygen atoms in total. The summed E-state index contributed by atoms with van der Waals surface area (Å²) in [6.07, 6.45) is -28.7. The molecule has 0 aromatic carbocycles. The third-order valence-electron chi connectivity index (χ3n) is 20.4. The molecule has 77 heavy (non-hydrogen) atoms. The molecule has 9 fully saturated rings. The standard InChI is InChI=1S/C52H88O25/c1-20(19-69-46-41(65)38(62)34(58)29(15-53)71-46)6-11-52(68-5)21(2)33-28(77-52)14-25-23-13-27(26-12-22(57)7-9-50(26,3)24(23)8-10-51(25,33)4)70-49-45(76-48-43(67)40(64)36(60)31(17-55)73-48)44(37(61)32(18-56)74-49)75-47-42(66)39(63)35(59)30(16-54)72-47/h20-49,53-67H,6-19H2,1-5H3/t20-,21+,22+,23-,24+,25+,26-,27+,28+,29-,30-,31-,32-,33+,34-,35-,36-,37-,38+,39+,40+,41-,42-,43-,44+,45-,46-,47+,48+,49-,50-,51+,52?/m1/s1. The monoisotopic (exact) mass is 1110 g/mol. The first kappa shape index (κ1) is 60.6. The van der Waals surface area contributed by atoms with Gasteiger partial charge in [0.1, 0.15) is 97.7 Å². The first-order chi connectivity index (χ1) is 36.5. The Labute approximate surface area is 447 Å². The summed E-state index contributed by atoms with van der Waals surface area (Å²) >= 11 is 0. The molecule has 0 amide bonds. The molecule has 4 aliphatic carbocycles. The average molecular weight is 1110 g/mol. The average Bonchev–Trinajstić information content (AvgIpc) is 3.88. The van der Waals surface area contributed by atoms with Gasteiger partial charge in [0.25, 0.3) is 0 Å². The highest BCUT2D eigenvalue weighted by Gasteiger charge is 2.70. The van der Waals surface area contributed by atoms with E-state index < -0.39 is 167 Å². The maximum atomic E-state index is 11.9. The fraction of sp³-hybridized carbons (Fsp3) is 1.00. The van der Waals surface area contributed by atoms with Gasteiger partial charge in [-0.05, 0) is 97.7 Å². The number of hydrogen-bond acceptors (Lipinski definition) is 25. The van der Waals surface area contributed by atoms with Crippen molar-refractivity contribution in [1.29, 1.82) is 0 Å². The Balaban J connectivity index is 0.966. The summed E-state index contributed by atoms with van der Waals surface area (Å²) in [6.45, 7) is 5.94. The summed E-state index contributed by atoms with van der Waals surface area (Å²) in [5.74, 6) is -0.815. The molecule has 9 aliphatic rings. The lowest BCUT2D eigenvalue weighted by atomic mass is 9.43. The number of aliphatic hydroxyl groups excluding tert-OH is 15. The number of hydrogen-bond donors (Lipinski definition) is 15. The zero-order valence-electron chi connectivity index (χ0n) is 44.5. The molecule has 33 atom stereocenters. The second-order valence-electron chi connectivity index (χ2n) is 24.6.